The van der Waals surface area contributed by atoms with Crippen LogP contribution in [0.2, 0.25) is 0 Å². The number of pyridine rings is 1. The zero-order chi connectivity index (χ0) is 14.4. The van der Waals surface area contributed by atoms with Crippen molar-refractivity contribution in [1.82, 2.24) is 10.3 Å². The molecule has 1 aromatic rings. The fourth-order valence-corrected chi connectivity index (χ4v) is 3.41. The van der Waals surface area contributed by atoms with E-state index in [1.165, 1.54) is 43.5 Å². The Morgan fingerprint density at radius 2 is 2.25 bits per heavy atom. The predicted octanol–water partition coefficient (Wildman–Crippen LogP) is 4.11. The molecule has 20 heavy (non-hydrogen) atoms. The van der Waals surface area contributed by atoms with Crippen LogP contribution < -0.4 is 10.2 Å². The largest absolute Gasteiger partial charge is 0.353 e. The lowest BCUT2D eigenvalue weighted by molar-refractivity contribution is 0.430. The Kier molecular flexibility index (Phi) is 6.30. The summed E-state index contributed by atoms with van der Waals surface area (Å²) in [6.45, 7) is 7.46. The number of anilines is 1. The molecule has 0 aliphatic carbocycles. The van der Waals surface area contributed by atoms with E-state index in [0.717, 1.165) is 24.1 Å². The minimum Gasteiger partial charge on any atom is -0.353 e. The predicted molar refractivity (Wildman–Crippen MR) is 89.2 cm³/mol. The fraction of sp³-hybridized carbons (Fsp3) is 0.688. The molecule has 0 saturated carbocycles. The molecule has 0 radical (unpaired) electrons. The van der Waals surface area contributed by atoms with Crippen molar-refractivity contribution in [2.24, 2.45) is 0 Å². The molecule has 0 aromatic carbocycles. The summed E-state index contributed by atoms with van der Waals surface area (Å²) in [4.78, 5) is 7.27. The van der Waals surface area contributed by atoms with Gasteiger partial charge in [0.05, 0.1) is 0 Å². The molecule has 1 saturated heterocycles. The Morgan fingerprint density at radius 3 is 3.00 bits per heavy atom. The van der Waals surface area contributed by atoms with E-state index in [-0.39, 0.29) is 0 Å². The average Bonchev–Trinajstić information content (AvgIpc) is 2.46. The minimum atomic E-state index is 0.669. The van der Waals surface area contributed by atoms with E-state index < -0.39 is 0 Å². The lowest BCUT2D eigenvalue weighted by Crippen LogP contribution is -2.40. The summed E-state index contributed by atoms with van der Waals surface area (Å²) in [5.41, 5.74) is 1.31. The SMILES string of the molecule is CCCC1CCCCN1c1ncc(Br)cc1CNCC. The van der Waals surface area contributed by atoms with E-state index in [9.17, 15) is 0 Å². The third-order valence-corrected chi connectivity index (χ3v) is 4.43. The molecule has 1 atom stereocenters. The third kappa shape index (κ3) is 3.95. The molecule has 1 aliphatic heterocycles. The Bertz CT molecular complexity index is 420. The van der Waals surface area contributed by atoms with Crippen molar-refractivity contribution in [3.63, 3.8) is 0 Å². The van der Waals surface area contributed by atoms with Gasteiger partial charge >= 0.3 is 0 Å². The van der Waals surface area contributed by atoms with Gasteiger partial charge < -0.3 is 10.2 Å². The Balaban J connectivity index is 2.24. The molecule has 1 unspecified atom stereocenters. The summed E-state index contributed by atoms with van der Waals surface area (Å²) < 4.78 is 1.07. The van der Waals surface area contributed by atoms with E-state index in [0.29, 0.717) is 6.04 Å². The number of nitrogens with one attached hydrogen (secondary N) is 1. The van der Waals surface area contributed by atoms with Crippen LogP contribution in [0.4, 0.5) is 5.82 Å². The van der Waals surface area contributed by atoms with E-state index in [1.807, 2.05) is 6.20 Å². The number of rotatable bonds is 6. The Morgan fingerprint density at radius 1 is 1.40 bits per heavy atom. The quantitative estimate of drug-likeness (QED) is 0.845. The van der Waals surface area contributed by atoms with Crippen LogP contribution in [-0.4, -0.2) is 24.1 Å². The number of piperidine rings is 1. The molecule has 0 bridgehead atoms. The second-order valence-electron chi connectivity index (χ2n) is 5.55. The van der Waals surface area contributed by atoms with Crippen molar-refractivity contribution in [3.8, 4) is 0 Å². The van der Waals surface area contributed by atoms with Crippen LogP contribution in [0.3, 0.4) is 0 Å². The fourth-order valence-electron chi connectivity index (χ4n) is 3.04. The lowest BCUT2D eigenvalue weighted by Gasteiger charge is -2.37. The number of aromatic nitrogens is 1. The monoisotopic (exact) mass is 339 g/mol. The molecular weight excluding hydrogens is 314 g/mol. The Labute approximate surface area is 131 Å². The van der Waals surface area contributed by atoms with Crippen molar-refractivity contribution in [3.05, 3.63) is 22.3 Å². The molecule has 3 nitrogen and oxygen atoms in total. The highest BCUT2D eigenvalue weighted by Gasteiger charge is 2.24. The van der Waals surface area contributed by atoms with Crippen LogP contribution in [-0.2, 0) is 6.54 Å². The van der Waals surface area contributed by atoms with E-state index >= 15 is 0 Å². The normalized spacial score (nSPS) is 19.4. The van der Waals surface area contributed by atoms with Gasteiger partial charge in [-0.1, -0.05) is 20.3 Å². The molecule has 0 amide bonds. The Hall–Kier alpha value is -0.610. The molecule has 1 fully saturated rings. The standard InChI is InChI=1S/C16H26BrN3/c1-3-7-15-8-5-6-9-20(15)16-13(11-18-4-2)10-14(17)12-19-16/h10,12,15,18H,3-9,11H2,1-2H3. The number of nitrogens with zero attached hydrogens (tertiary/aromatic N) is 2. The molecule has 2 rings (SSSR count). The first-order valence-corrected chi connectivity index (χ1v) is 8.67. The molecule has 1 N–H and O–H groups in total. The second-order valence-corrected chi connectivity index (χ2v) is 6.46. The molecular formula is C16H26BrN3. The van der Waals surface area contributed by atoms with Gasteiger partial charge in [0.25, 0.3) is 0 Å². The highest BCUT2D eigenvalue weighted by atomic mass is 79.9. The first-order chi connectivity index (χ1) is 9.76. The molecule has 4 heteroatoms. The summed E-state index contributed by atoms with van der Waals surface area (Å²) in [7, 11) is 0. The molecule has 112 valence electrons. The van der Waals surface area contributed by atoms with Crippen LogP contribution in [0.15, 0.2) is 16.7 Å². The van der Waals surface area contributed by atoms with Crippen molar-refractivity contribution in [2.45, 2.75) is 58.5 Å². The number of halogens is 1. The molecule has 0 spiro atoms. The maximum atomic E-state index is 4.73. The number of hydrogen-bond acceptors (Lipinski definition) is 3. The van der Waals surface area contributed by atoms with Gasteiger partial charge in [-0.3, -0.25) is 0 Å². The van der Waals surface area contributed by atoms with Crippen molar-refractivity contribution < 1.29 is 0 Å². The van der Waals surface area contributed by atoms with Gasteiger partial charge in [-0.2, -0.15) is 0 Å². The van der Waals surface area contributed by atoms with Gasteiger partial charge in [0, 0.05) is 35.4 Å². The first-order valence-electron chi connectivity index (χ1n) is 7.88. The van der Waals surface area contributed by atoms with Crippen LogP contribution in [0.25, 0.3) is 0 Å². The van der Waals surface area contributed by atoms with Gasteiger partial charge in [-0.15, -0.1) is 0 Å². The van der Waals surface area contributed by atoms with Gasteiger partial charge in [-0.05, 0) is 54.2 Å². The lowest BCUT2D eigenvalue weighted by atomic mass is 9.97. The van der Waals surface area contributed by atoms with Gasteiger partial charge in [0.15, 0.2) is 0 Å². The summed E-state index contributed by atoms with van der Waals surface area (Å²) in [5.74, 6) is 1.19. The smallest absolute Gasteiger partial charge is 0.133 e. The van der Waals surface area contributed by atoms with E-state index in [4.69, 9.17) is 4.98 Å². The summed E-state index contributed by atoms with van der Waals surface area (Å²) in [6.07, 6.45) is 8.42. The van der Waals surface area contributed by atoms with Crippen molar-refractivity contribution >= 4 is 21.7 Å². The van der Waals surface area contributed by atoms with Crippen molar-refractivity contribution in [2.75, 3.05) is 18.0 Å². The number of hydrogen-bond donors (Lipinski definition) is 1. The zero-order valence-electron chi connectivity index (χ0n) is 12.7. The van der Waals surface area contributed by atoms with Crippen molar-refractivity contribution in [1.29, 1.82) is 0 Å². The topological polar surface area (TPSA) is 28.2 Å². The molecule has 2 heterocycles. The van der Waals surface area contributed by atoms with Crippen LogP contribution in [0.1, 0.15) is 51.5 Å². The molecule has 1 aromatic heterocycles. The summed E-state index contributed by atoms with van der Waals surface area (Å²) in [6, 6.07) is 2.88. The highest BCUT2D eigenvalue weighted by Crippen LogP contribution is 2.29. The first kappa shape index (κ1) is 15.8. The van der Waals surface area contributed by atoms with Gasteiger partial charge in [-0.25, -0.2) is 4.98 Å². The van der Waals surface area contributed by atoms with E-state index in [2.05, 4.69) is 46.1 Å². The van der Waals surface area contributed by atoms with Crippen LogP contribution >= 0.6 is 15.9 Å². The third-order valence-electron chi connectivity index (χ3n) is 4.00. The average molecular weight is 340 g/mol. The highest BCUT2D eigenvalue weighted by molar-refractivity contribution is 9.10. The molecule has 1 aliphatic rings. The maximum absolute atomic E-state index is 4.73. The van der Waals surface area contributed by atoms with Crippen LogP contribution in [0, 0.1) is 0 Å². The summed E-state index contributed by atoms with van der Waals surface area (Å²) in [5, 5.41) is 3.43. The van der Waals surface area contributed by atoms with Gasteiger partial charge in [0.1, 0.15) is 5.82 Å². The maximum Gasteiger partial charge on any atom is 0.133 e. The van der Waals surface area contributed by atoms with Crippen LogP contribution in [0.5, 0.6) is 0 Å². The summed E-state index contributed by atoms with van der Waals surface area (Å²) >= 11 is 3.55. The minimum absolute atomic E-state index is 0.669. The van der Waals surface area contributed by atoms with E-state index in [1.54, 1.807) is 0 Å². The van der Waals surface area contributed by atoms with Gasteiger partial charge in [0.2, 0.25) is 0 Å². The second kappa shape index (κ2) is 7.99. The zero-order valence-corrected chi connectivity index (χ0v) is 14.2.